The molecule has 134 valence electrons. The van der Waals surface area contributed by atoms with Crippen molar-refractivity contribution in [3.63, 3.8) is 0 Å². The predicted octanol–water partition coefficient (Wildman–Crippen LogP) is 1.62. The Balaban J connectivity index is 1.42. The number of carbonyl (C=O) groups is 2. The first-order valence-corrected chi connectivity index (χ1v) is 8.55. The van der Waals surface area contributed by atoms with Crippen molar-refractivity contribution in [1.29, 1.82) is 0 Å². The normalized spacial score (nSPS) is 18.2. The maximum Gasteiger partial charge on any atom is 0.243 e. The molecule has 4 rings (SSSR count). The fourth-order valence-corrected chi connectivity index (χ4v) is 3.25. The molecule has 7 nitrogen and oxygen atoms in total. The molecule has 1 fully saturated rings. The minimum atomic E-state index is -0.454. The Morgan fingerprint density at radius 2 is 2.12 bits per heavy atom. The van der Waals surface area contributed by atoms with E-state index in [4.69, 9.17) is 9.47 Å². The van der Waals surface area contributed by atoms with Gasteiger partial charge in [0, 0.05) is 31.9 Å². The van der Waals surface area contributed by atoms with Gasteiger partial charge in [0.25, 0.3) is 0 Å². The average Bonchev–Trinajstić information content (AvgIpc) is 3.27. The fourth-order valence-electron chi connectivity index (χ4n) is 3.25. The second kappa shape index (κ2) is 7.03. The summed E-state index contributed by atoms with van der Waals surface area (Å²) in [5.41, 5.74) is 1.84. The van der Waals surface area contributed by atoms with Crippen LogP contribution in [0.2, 0.25) is 0 Å². The Morgan fingerprint density at radius 3 is 2.96 bits per heavy atom. The molecule has 2 amide bonds. The third kappa shape index (κ3) is 3.33. The van der Waals surface area contributed by atoms with Crippen LogP contribution in [0.5, 0.6) is 11.5 Å². The lowest BCUT2D eigenvalue weighted by Crippen LogP contribution is -2.44. The van der Waals surface area contributed by atoms with Crippen LogP contribution in [0.15, 0.2) is 42.7 Å². The first-order valence-electron chi connectivity index (χ1n) is 8.55. The molecule has 3 heterocycles. The number of aromatic nitrogens is 1. The Morgan fingerprint density at radius 1 is 1.23 bits per heavy atom. The molecule has 1 saturated heterocycles. The van der Waals surface area contributed by atoms with Crippen LogP contribution < -0.4 is 14.8 Å². The van der Waals surface area contributed by atoms with Gasteiger partial charge in [0.1, 0.15) is 6.04 Å². The van der Waals surface area contributed by atoms with E-state index in [0.29, 0.717) is 37.4 Å². The first-order chi connectivity index (χ1) is 12.7. The zero-order valence-electron chi connectivity index (χ0n) is 14.2. The molecule has 2 aliphatic rings. The summed E-state index contributed by atoms with van der Waals surface area (Å²) < 4.78 is 10.7. The second-order valence-corrected chi connectivity index (χ2v) is 6.34. The standard InChI is InChI=1S/C19H19N3O4/c23-18-6-4-15(19(24)21-10-14-2-1-7-20-9-14)22(18)11-13-3-5-16-17(8-13)26-12-25-16/h1-3,5,7-9,15H,4,6,10-12H2,(H,21,24). The molecular formula is C19H19N3O4. The number of nitrogens with zero attached hydrogens (tertiary/aromatic N) is 2. The molecule has 0 aliphatic carbocycles. The summed E-state index contributed by atoms with van der Waals surface area (Å²) in [6.07, 6.45) is 4.32. The minimum absolute atomic E-state index is 0.0100. The van der Waals surface area contributed by atoms with Crippen LogP contribution in [-0.2, 0) is 22.7 Å². The quantitative estimate of drug-likeness (QED) is 0.883. The van der Waals surface area contributed by atoms with Gasteiger partial charge in [-0.1, -0.05) is 12.1 Å². The van der Waals surface area contributed by atoms with Crippen LogP contribution in [0.25, 0.3) is 0 Å². The van der Waals surface area contributed by atoms with Gasteiger partial charge < -0.3 is 19.7 Å². The van der Waals surface area contributed by atoms with Gasteiger partial charge >= 0.3 is 0 Å². The number of likely N-dealkylation sites (tertiary alicyclic amines) is 1. The van der Waals surface area contributed by atoms with E-state index in [1.54, 1.807) is 17.3 Å². The molecule has 0 spiro atoms. The van der Waals surface area contributed by atoms with Crippen LogP contribution in [0.1, 0.15) is 24.0 Å². The Bertz CT molecular complexity index is 825. The number of fused-ring (bicyclic) bond motifs is 1. The molecule has 1 unspecified atom stereocenters. The van der Waals surface area contributed by atoms with Gasteiger partial charge in [-0.25, -0.2) is 0 Å². The van der Waals surface area contributed by atoms with E-state index in [1.807, 2.05) is 30.3 Å². The molecule has 0 saturated carbocycles. The number of hydrogen-bond acceptors (Lipinski definition) is 5. The number of amides is 2. The summed E-state index contributed by atoms with van der Waals surface area (Å²) in [5.74, 6) is 1.23. The molecule has 1 aromatic carbocycles. The van der Waals surface area contributed by atoms with Gasteiger partial charge in [0.2, 0.25) is 18.6 Å². The summed E-state index contributed by atoms with van der Waals surface area (Å²) in [4.78, 5) is 30.5. The molecule has 2 aliphatic heterocycles. The van der Waals surface area contributed by atoms with E-state index < -0.39 is 6.04 Å². The number of carbonyl (C=O) groups excluding carboxylic acids is 2. The summed E-state index contributed by atoms with van der Waals surface area (Å²) in [6.45, 7) is 0.983. The molecule has 7 heteroatoms. The predicted molar refractivity (Wildman–Crippen MR) is 92.2 cm³/mol. The lowest BCUT2D eigenvalue weighted by molar-refractivity contribution is -0.135. The zero-order valence-corrected chi connectivity index (χ0v) is 14.2. The third-order valence-corrected chi connectivity index (χ3v) is 4.61. The van der Waals surface area contributed by atoms with E-state index in [9.17, 15) is 9.59 Å². The van der Waals surface area contributed by atoms with Crippen molar-refractivity contribution in [3.05, 3.63) is 53.9 Å². The van der Waals surface area contributed by atoms with Gasteiger partial charge in [-0.3, -0.25) is 14.6 Å². The Labute approximate surface area is 150 Å². The highest BCUT2D eigenvalue weighted by molar-refractivity contribution is 5.90. The molecule has 0 bridgehead atoms. The number of rotatable bonds is 5. The van der Waals surface area contributed by atoms with Gasteiger partial charge in [-0.15, -0.1) is 0 Å². The summed E-state index contributed by atoms with van der Waals surface area (Å²) in [6, 6.07) is 8.85. The van der Waals surface area contributed by atoms with Crippen molar-refractivity contribution in [2.24, 2.45) is 0 Å². The zero-order chi connectivity index (χ0) is 17.9. The van der Waals surface area contributed by atoms with Crippen LogP contribution in [0.3, 0.4) is 0 Å². The molecule has 26 heavy (non-hydrogen) atoms. The van der Waals surface area contributed by atoms with Gasteiger partial charge in [-0.05, 0) is 35.7 Å². The van der Waals surface area contributed by atoms with Crippen molar-refractivity contribution in [3.8, 4) is 11.5 Å². The van der Waals surface area contributed by atoms with Crippen molar-refractivity contribution in [2.75, 3.05) is 6.79 Å². The van der Waals surface area contributed by atoms with Crippen LogP contribution in [-0.4, -0.2) is 34.5 Å². The van der Waals surface area contributed by atoms with E-state index in [-0.39, 0.29) is 18.6 Å². The molecule has 1 N–H and O–H groups in total. The smallest absolute Gasteiger partial charge is 0.243 e. The lowest BCUT2D eigenvalue weighted by Gasteiger charge is -2.24. The number of ether oxygens (including phenoxy) is 2. The van der Waals surface area contributed by atoms with Crippen molar-refractivity contribution in [1.82, 2.24) is 15.2 Å². The molecule has 1 atom stereocenters. The minimum Gasteiger partial charge on any atom is -0.454 e. The van der Waals surface area contributed by atoms with Crippen molar-refractivity contribution < 1.29 is 19.1 Å². The van der Waals surface area contributed by atoms with Crippen LogP contribution in [0, 0.1) is 0 Å². The van der Waals surface area contributed by atoms with E-state index in [2.05, 4.69) is 10.3 Å². The van der Waals surface area contributed by atoms with E-state index in [1.165, 1.54) is 0 Å². The SMILES string of the molecule is O=C(NCc1cccnc1)C1CCC(=O)N1Cc1ccc2c(c1)OCO2. The number of benzene rings is 1. The van der Waals surface area contributed by atoms with Gasteiger partial charge in [-0.2, -0.15) is 0 Å². The molecule has 1 aromatic heterocycles. The second-order valence-electron chi connectivity index (χ2n) is 6.34. The molecular weight excluding hydrogens is 334 g/mol. The largest absolute Gasteiger partial charge is 0.454 e. The lowest BCUT2D eigenvalue weighted by atomic mass is 10.1. The van der Waals surface area contributed by atoms with Crippen LogP contribution >= 0.6 is 0 Å². The number of nitrogens with one attached hydrogen (secondary N) is 1. The van der Waals surface area contributed by atoms with Gasteiger partial charge in [0.05, 0.1) is 0 Å². The Kier molecular flexibility index (Phi) is 4.43. The summed E-state index contributed by atoms with van der Waals surface area (Å²) in [7, 11) is 0. The number of pyridine rings is 1. The Hall–Kier alpha value is -3.09. The molecule has 2 aromatic rings. The highest BCUT2D eigenvalue weighted by atomic mass is 16.7. The van der Waals surface area contributed by atoms with E-state index in [0.717, 1.165) is 11.1 Å². The maximum atomic E-state index is 12.6. The van der Waals surface area contributed by atoms with Crippen molar-refractivity contribution in [2.45, 2.75) is 32.0 Å². The average molecular weight is 353 g/mol. The summed E-state index contributed by atoms with van der Waals surface area (Å²) >= 11 is 0. The third-order valence-electron chi connectivity index (χ3n) is 4.61. The highest BCUT2D eigenvalue weighted by Crippen LogP contribution is 2.33. The first kappa shape index (κ1) is 16.4. The van der Waals surface area contributed by atoms with Gasteiger partial charge in [0.15, 0.2) is 11.5 Å². The van der Waals surface area contributed by atoms with Crippen LogP contribution in [0.4, 0.5) is 0 Å². The van der Waals surface area contributed by atoms with Crippen molar-refractivity contribution >= 4 is 11.8 Å². The highest BCUT2D eigenvalue weighted by Gasteiger charge is 2.36. The monoisotopic (exact) mass is 353 g/mol. The van der Waals surface area contributed by atoms with E-state index >= 15 is 0 Å². The summed E-state index contributed by atoms with van der Waals surface area (Å²) in [5, 5.41) is 2.90. The molecule has 0 radical (unpaired) electrons. The fraction of sp³-hybridized carbons (Fsp3) is 0.316. The maximum absolute atomic E-state index is 12.6. The number of hydrogen-bond donors (Lipinski definition) is 1. The topological polar surface area (TPSA) is 80.8 Å².